The lowest BCUT2D eigenvalue weighted by molar-refractivity contribution is -0.136. The van der Waals surface area contributed by atoms with Crippen molar-refractivity contribution in [2.45, 2.75) is 29.8 Å². The highest BCUT2D eigenvalue weighted by molar-refractivity contribution is 7.91. The average molecular weight is 368 g/mol. The number of sulfone groups is 1. The SMILES string of the molecule is O=C1CCS(=O)(=O)c2ccccc2C(CC(F)(F)F)c2ccccc21. The number of carbonyl (C=O) groups is 1. The van der Waals surface area contributed by atoms with Crippen LogP contribution in [0.4, 0.5) is 13.2 Å². The number of alkyl halides is 3. The van der Waals surface area contributed by atoms with Crippen molar-refractivity contribution in [2.75, 3.05) is 5.75 Å². The molecule has 132 valence electrons. The maximum absolute atomic E-state index is 13.2. The van der Waals surface area contributed by atoms with Crippen molar-refractivity contribution in [2.24, 2.45) is 0 Å². The molecule has 3 rings (SSSR count). The Morgan fingerprint density at radius 2 is 1.56 bits per heavy atom. The van der Waals surface area contributed by atoms with Gasteiger partial charge in [0.05, 0.1) is 17.1 Å². The van der Waals surface area contributed by atoms with Gasteiger partial charge >= 0.3 is 6.18 Å². The van der Waals surface area contributed by atoms with E-state index in [1.54, 1.807) is 12.1 Å². The second-order valence-corrected chi connectivity index (χ2v) is 8.07. The number of fused-ring (bicyclic) bond motifs is 2. The Kier molecular flexibility index (Phi) is 4.45. The van der Waals surface area contributed by atoms with Gasteiger partial charge in [0, 0.05) is 17.9 Å². The lowest BCUT2D eigenvalue weighted by Gasteiger charge is -2.23. The molecule has 1 aliphatic heterocycles. The van der Waals surface area contributed by atoms with Gasteiger partial charge in [-0.1, -0.05) is 42.5 Å². The van der Waals surface area contributed by atoms with Crippen LogP contribution in [0, 0.1) is 0 Å². The number of hydrogen-bond donors (Lipinski definition) is 0. The molecule has 3 nitrogen and oxygen atoms in total. The summed E-state index contributed by atoms with van der Waals surface area (Å²) in [6.07, 6.45) is -6.00. The highest BCUT2D eigenvalue weighted by Crippen LogP contribution is 2.41. The monoisotopic (exact) mass is 368 g/mol. The van der Waals surface area contributed by atoms with Gasteiger partial charge in [-0.3, -0.25) is 4.79 Å². The topological polar surface area (TPSA) is 51.2 Å². The Hall–Kier alpha value is -2.15. The van der Waals surface area contributed by atoms with Crippen LogP contribution in [0.5, 0.6) is 0 Å². The van der Waals surface area contributed by atoms with Crippen LogP contribution in [0.3, 0.4) is 0 Å². The van der Waals surface area contributed by atoms with E-state index in [4.69, 9.17) is 0 Å². The van der Waals surface area contributed by atoms with Crippen molar-refractivity contribution in [1.82, 2.24) is 0 Å². The van der Waals surface area contributed by atoms with Crippen molar-refractivity contribution < 1.29 is 26.4 Å². The average Bonchev–Trinajstić information content (AvgIpc) is 2.59. The third kappa shape index (κ3) is 3.61. The summed E-state index contributed by atoms with van der Waals surface area (Å²) in [5, 5.41) is 0. The lowest BCUT2D eigenvalue weighted by atomic mass is 9.84. The molecular weight excluding hydrogens is 353 g/mol. The van der Waals surface area contributed by atoms with Gasteiger partial charge in [-0.25, -0.2) is 8.42 Å². The van der Waals surface area contributed by atoms with Gasteiger partial charge in [-0.05, 0) is 17.2 Å². The van der Waals surface area contributed by atoms with Crippen molar-refractivity contribution in [3.05, 3.63) is 65.2 Å². The molecule has 0 aromatic heterocycles. The molecule has 0 aliphatic carbocycles. The predicted octanol–water partition coefficient (Wildman–Crippen LogP) is 4.13. The molecule has 0 fully saturated rings. The molecule has 0 N–H and O–H groups in total. The summed E-state index contributed by atoms with van der Waals surface area (Å²) >= 11 is 0. The summed E-state index contributed by atoms with van der Waals surface area (Å²) in [5.41, 5.74) is 0.458. The second-order valence-electron chi connectivity index (χ2n) is 5.99. The van der Waals surface area contributed by atoms with Crippen LogP contribution in [-0.2, 0) is 9.84 Å². The first kappa shape index (κ1) is 17.7. The summed E-state index contributed by atoms with van der Waals surface area (Å²) in [6.45, 7) is 0. The van der Waals surface area contributed by atoms with Gasteiger partial charge < -0.3 is 0 Å². The van der Waals surface area contributed by atoms with E-state index < -0.39 is 39.9 Å². The zero-order chi connectivity index (χ0) is 18.2. The number of Topliss-reactive ketones (excluding diaryl/α,β-unsaturated/α-hetero) is 1. The molecule has 2 aromatic rings. The minimum Gasteiger partial charge on any atom is -0.294 e. The van der Waals surface area contributed by atoms with Crippen LogP contribution >= 0.6 is 0 Å². The fraction of sp³-hybridized carbons (Fsp3) is 0.278. The molecule has 0 bridgehead atoms. The van der Waals surface area contributed by atoms with Crippen molar-refractivity contribution in [1.29, 1.82) is 0 Å². The molecule has 2 aromatic carbocycles. The normalized spacial score (nSPS) is 20.0. The van der Waals surface area contributed by atoms with E-state index in [0.29, 0.717) is 0 Å². The molecule has 0 radical (unpaired) electrons. The van der Waals surface area contributed by atoms with Gasteiger partial charge in [0.25, 0.3) is 0 Å². The van der Waals surface area contributed by atoms with E-state index in [1.807, 2.05) is 0 Å². The fourth-order valence-corrected chi connectivity index (χ4v) is 4.73. The van der Waals surface area contributed by atoms with Crippen LogP contribution < -0.4 is 0 Å². The van der Waals surface area contributed by atoms with Gasteiger partial charge in [0.1, 0.15) is 0 Å². The molecule has 0 amide bonds. The number of carbonyl (C=O) groups excluding carboxylic acids is 1. The molecule has 0 saturated carbocycles. The van der Waals surface area contributed by atoms with Crippen molar-refractivity contribution >= 4 is 15.6 Å². The Labute approximate surface area is 143 Å². The van der Waals surface area contributed by atoms with E-state index in [1.165, 1.54) is 36.4 Å². The number of benzene rings is 2. The first-order valence-corrected chi connectivity index (χ1v) is 9.35. The summed E-state index contributed by atoms with van der Waals surface area (Å²) in [7, 11) is -3.85. The third-order valence-corrected chi connectivity index (χ3v) is 6.08. The molecule has 1 heterocycles. The molecule has 0 spiro atoms. The maximum atomic E-state index is 13.2. The standard InChI is InChI=1S/C18H15F3O3S/c19-18(20,21)11-15-12-5-1-2-6-13(12)16(22)9-10-25(23,24)17-8-4-3-7-14(15)17/h1-8,15H,9-11H2. The Bertz CT molecular complexity index is 917. The molecule has 0 saturated heterocycles. The minimum atomic E-state index is -4.51. The number of halogens is 3. The second kappa shape index (κ2) is 6.29. The van der Waals surface area contributed by atoms with Gasteiger partial charge in [0.15, 0.2) is 15.6 Å². The Morgan fingerprint density at radius 3 is 2.24 bits per heavy atom. The highest BCUT2D eigenvalue weighted by Gasteiger charge is 2.38. The summed E-state index contributed by atoms with van der Waals surface area (Å²) in [6, 6.07) is 11.8. The molecule has 1 aliphatic rings. The molecule has 25 heavy (non-hydrogen) atoms. The number of hydrogen-bond acceptors (Lipinski definition) is 3. The van der Waals surface area contributed by atoms with Crippen molar-refractivity contribution in [3.63, 3.8) is 0 Å². The minimum absolute atomic E-state index is 0.0852. The maximum Gasteiger partial charge on any atom is 0.390 e. The zero-order valence-electron chi connectivity index (χ0n) is 13.1. The highest BCUT2D eigenvalue weighted by atomic mass is 32.2. The first-order chi connectivity index (χ1) is 11.7. The van der Waals surface area contributed by atoms with Crippen LogP contribution in [-0.4, -0.2) is 26.1 Å². The molecular formula is C18H15F3O3S. The predicted molar refractivity (Wildman–Crippen MR) is 86.4 cm³/mol. The Balaban J connectivity index is 2.32. The molecule has 1 unspecified atom stereocenters. The lowest BCUT2D eigenvalue weighted by Crippen LogP contribution is -2.18. The summed E-state index contributed by atoms with van der Waals surface area (Å²) in [4.78, 5) is 12.3. The number of rotatable bonds is 1. The van der Waals surface area contributed by atoms with E-state index in [2.05, 4.69) is 0 Å². The largest absolute Gasteiger partial charge is 0.390 e. The smallest absolute Gasteiger partial charge is 0.294 e. The van der Waals surface area contributed by atoms with Crippen LogP contribution in [0.1, 0.15) is 40.2 Å². The van der Waals surface area contributed by atoms with E-state index in [9.17, 15) is 26.4 Å². The van der Waals surface area contributed by atoms with Gasteiger partial charge in [0.2, 0.25) is 0 Å². The first-order valence-electron chi connectivity index (χ1n) is 7.69. The fourth-order valence-electron chi connectivity index (χ4n) is 3.20. The Morgan fingerprint density at radius 1 is 0.960 bits per heavy atom. The van der Waals surface area contributed by atoms with Crippen LogP contribution in [0.25, 0.3) is 0 Å². The number of ketones is 1. The quantitative estimate of drug-likeness (QED) is 0.760. The summed E-state index contributed by atoms with van der Waals surface area (Å²) in [5.74, 6) is -2.13. The summed E-state index contributed by atoms with van der Waals surface area (Å²) < 4.78 is 64.8. The molecule has 1 atom stereocenters. The van der Waals surface area contributed by atoms with E-state index >= 15 is 0 Å². The molecule has 7 heteroatoms. The van der Waals surface area contributed by atoms with Crippen molar-refractivity contribution in [3.8, 4) is 0 Å². The van der Waals surface area contributed by atoms with Gasteiger partial charge in [-0.2, -0.15) is 13.2 Å². The zero-order valence-corrected chi connectivity index (χ0v) is 13.9. The van der Waals surface area contributed by atoms with E-state index in [0.717, 1.165) is 0 Å². The van der Waals surface area contributed by atoms with Crippen LogP contribution in [0.2, 0.25) is 0 Å². The third-order valence-electron chi connectivity index (χ3n) is 4.30. The van der Waals surface area contributed by atoms with Gasteiger partial charge in [-0.15, -0.1) is 0 Å². The van der Waals surface area contributed by atoms with Crippen LogP contribution in [0.15, 0.2) is 53.4 Å². The van der Waals surface area contributed by atoms with E-state index in [-0.39, 0.29) is 28.0 Å².